The summed E-state index contributed by atoms with van der Waals surface area (Å²) in [5.74, 6) is 0.999. The fourth-order valence-corrected chi connectivity index (χ4v) is 3.81. The minimum Gasteiger partial charge on any atom is -0.426 e. The summed E-state index contributed by atoms with van der Waals surface area (Å²) >= 11 is 0. The van der Waals surface area contributed by atoms with E-state index in [0.29, 0.717) is 18.0 Å². The van der Waals surface area contributed by atoms with Gasteiger partial charge in [-0.3, -0.25) is 4.79 Å². The molecule has 0 saturated carbocycles. The maximum absolute atomic E-state index is 12.3. The molecule has 2 rings (SSSR count). The van der Waals surface area contributed by atoms with E-state index in [-0.39, 0.29) is 5.97 Å². The maximum Gasteiger partial charge on any atom is 0.311 e. The predicted molar refractivity (Wildman–Crippen MR) is 126 cm³/mol. The van der Waals surface area contributed by atoms with Crippen LogP contribution in [0.5, 0.6) is 5.75 Å². The molecule has 31 heavy (non-hydrogen) atoms. The molecule has 0 N–H and O–H groups in total. The lowest BCUT2D eigenvalue weighted by molar-refractivity contribution is -0.134. The number of nitrogens with zero attached hydrogens (tertiary/aromatic N) is 3. The van der Waals surface area contributed by atoms with Crippen molar-refractivity contribution >= 4 is 5.97 Å². The quantitative estimate of drug-likeness (QED) is 0.161. The summed E-state index contributed by atoms with van der Waals surface area (Å²) in [5.41, 5.74) is 1.72. The summed E-state index contributed by atoms with van der Waals surface area (Å²) in [6.45, 7) is 4.19. The number of carbonyl (C=O) groups is 1. The molecule has 5 nitrogen and oxygen atoms in total. The van der Waals surface area contributed by atoms with Gasteiger partial charge in [0.05, 0.1) is 0 Å². The molecule has 0 atom stereocenters. The Labute approximate surface area is 188 Å². The van der Waals surface area contributed by atoms with E-state index in [0.717, 1.165) is 24.0 Å². The van der Waals surface area contributed by atoms with Gasteiger partial charge in [-0.25, -0.2) is 15.0 Å². The molecule has 5 heteroatoms. The largest absolute Gasteiger partial charge is 0.426 e. The fraction of sp³-hybridized carbons (Fsp3) is 0.615. The van der Waals surface area contributed by atoms with Crippen LogP contribution in [0.4, 0.5) is 0 Å². The van der Waals surface area contributed by atoms with Crippen LogP contribution in [0.3, 0.4) is 0 Å². The molecule has 2 aromatic rings. The molecule has 0 bridgehead atoms. The van der Waals surface area contributed by atoms with Crippen LogP contribution >= 0.6 is 0 Å². The third-order valence-corrected chi connectivity index (χ3v) is 5.73. The van der Waals surface area contributed by atoms with Gasteiger partial charge in [-0.2, -0.15) is 0 Å². The SMILES string of the molecule is CCCCCCCCCCCCCCCC(=O)Oc1cccc(-c2ncncn2)c1C. The van der Waals surface area contributed by atoms with Crippen molar-refractivity contribution in [1.82, 2.24) is 15.0 Å². The Morgan fingerprint density at radius 1 is 0.806 bits per heavy atom. The topological polar surface area (TPSA) is 65.0 Å². The average molecular weight is 426 g/mol. The Morgan fingerprint density at radius 2 is 1.35 bits per heavy atom. The number of esters is 1. The molecule has 0 saturated heterocycles. The van der Waals surface area contributed by atoms with Crippen molar-refractivity contribution in [2.75, 3.05) is 0 Å². The number of aromatic nitrogens is 3. The number of carbonyl (C=O) groups excluding carboxylic acids is 1. The highest BCUT2D eigenvalue weighted by atomic mass is 16.5. The minimum atomic E-state index is -0.168. The Hall–Kier alpha value is -2.30. The molecule has 0 radical (unpaired) electrons. The molecule has 0 unspecified atom stereocenters. The van der Waals surface area contributed by atoms with E-state index in [1.54, 1.807) is 0 Å². The first-order valence-electron chi connectivity index (χ1n) is 12.1. The first-order chi connectivity index (χ1) is 15.2. The Balaban J connectivity index is 1.55. The van der Waals surface area contributed by atoms with Crippen LogP contribution < -0.4 is 4.74 Å². The zero-order valence-corrected chi connectivity index (χ0v) is 19.4. The summed E-state index contributed by atoms with van der Waals surface area (Å²) in [5, 5.41) is 0. The summed E-state index contributed by atoms with van der Waals surface area (Å²) in [7, 11) is 0. The fourth-order valence-electron chi connectivity index (χ4n) is 3.81. The normalized spacial score (nSPS) is 10.9. The second kappa shape index (κ2) is 15.5. The van der Waals surface area contributed by atoms with E-state index in [2.05, 4.69) is 21.9 Å². The van der Waals surface area contributed by atoms with Crippen molar-refractivity contribution in [1.29, 1.82) is 0 Å². The number of ether oxygens (including phenoxy) is 1. The Bertz CT molecular complexity index is 750. The van der Waals surface area contributed by atoms with E-state index in [1.807, 2.05) is 25.1 Å². The van der Waals surface area contributed by atoms with Crippen LogP contribution in [-0.2, 0) is 4.79 Å². The van der Waals surface area contributed by atoms with E-state index in [1.165, 1.54) is 83.3 Å². The van der Waals surface area contributed by atoms with Crippen molar-refractivity contribution in [3.8, 4) is 17.1 Å². The molecule has 0 spiro atoms. The molecule has 0 aliphatic heterocycles. The van der Waals surface area contributed by atoms with Crippen molar-refractivity contribution in [3.63, 3.8) is 0 Å². The van der Waals surface area contributed by atoms with Gasteiger partial charge >= 0.3 is 5.97 Å². The lowest BCUT2D eigenvalue weighted by Crippen LogP contribution is -2.09. The third kappa shape index (κ3) is 10.0. The van der Waals surface area contributed by atoms with Crippen LogP contribution in [0.15, 0.2) is 30.9 Å². The minimum absolute atomic E-state index is 0.168. The van der Waals surface area contributed by atoms with Crippen LogP contribution in [-0.4, -0.2) is 20.9 Å². The predicted octanol–water partition coefficient (Wildman–Crippen LogP) is 7.23. The number of unbranched alkanes of at least 4 members (excludes halogenated alkanes) is 12. The van der Waals surface area contributed by atoms with Gasteiger partial charge in [-0.1, -0.05) is 96.1 Å². The van der Waals surface area contributed by atoms with Crippen molar-refractivity contribution in [2.24, 2.45) is 0 Å². The highest BCUT2D eigenvalue weighted by molar-refractivity contribution is 5.74. The zero-order chi connectivity index (χ0) is 22.2. The highest BCUT2D eigenvalue weighted by Crippen LogP contribution is 2.27. The van der Waals surface area contributed by atoms with Crippen LogP contribution in [0.1, 0.15) is 102 Å². The van der Waals surface area contributed by atoms with Gasteiger partial charge in [0, 0.05) is 17.5 Å². The van der Waals surface area contributed by atoms with Crippen molar-refractivity contribution in [2.45, 2.75) is 104 Å². The van der Waals surface area contributed by atoms with Crippen molar-refractivity contribution in [3.05, 3.63) is 36.4 Å². The second-order valence-corrected chi connectivity index (χ2v) is 8.36. The lowest BCUT2D eigenvalue weighted by Gasteiger charge is -2.10. The summed E-state index contributed by atoms with van der Waals surface area (Å²) < 4.78 is 5.60. The lowest BCUT2D eigenvalue weighted by atomic mass is 10.0. The molecule has 170 valence electrons. The van der Waals surface area contributed by atoms with E-state index in [9.17, 15) is 4.79 Å². The molecule has 0 fully saturated rings. The third-order valence-electron chi connectivity index (χ3n) is 5.73. The zero-order valence-electron chi connectivity index (χ0n) is 19.4. The molecular formula is C26H39N3O2. The number of hydrogen-bond donors (Lipinski definition) is 0. The van der Waals surface area contributed by atoms with Crippen LogP contribution in [0.25, 0.3) is 11.4 Å². The molecule has 1 heterocycles. The van der Waals surface area contributed by atoms with Gasteiger partial charge in [-0.15, -0.1) is 0 Å². The van der Waals surface area contributed by atoms with Gasteiger partial charge < -0.3 is 4.74 Å². The maximum atomic E-state index is 12.3. The molecule has 0 aliphatic rings. The van der Waals surface area contributed by atoms with Gasteiger partial charge in [-0.05, 0) is 19.4 Å². The van der Waals surface area contributed by atoms with Gasteiger partial charge in [0.2, 0.25) is 0 Å². The smallest absolute Gasteiger partial charge is 0.311 e. The molecule has 0 aliphatic carbocycles. The highest BCUT2D eigenvalue weighted by Gasteiger charge is 2.12. The second-order valence-electron chi connectivity index (χ2n) is 8.36. The number of rotatable bonds is 16. The Morgan fingerprint density at radius 3 is 1.94 bits per heavy atom. The van der Waals surface area contributed by atoms with Gasteiger partial charge in [0.1, 0.15) is 18.4 Å². The molecule has 1 aromatic heterocycles. The summed E-state index contributed by atoms with van der Waals surface area (Å²) in [6.07, 6.45) is 20.2. The van der Waals surface area contributed by atoms with Gasteiger partial charge in [0.25, 0.3) is 0 Å². The summed E-state index contributed by atoms with van der Waals surface area (Å²) in [6, 6.07) is 5.61. The van der Waals surface area contributed by atoms with E-state index in [4.69, 9.17) is 4.74 Å². The first kappa shape index (κ1) is 25.0. The van der Waals surface area contributed by atoms with E-state index >= 15 is 0 Å². The van der Waals surface area contributed by atoms with Crippen LogP contribution in [0.2, 0.25) is 0 Å². The van der Waals surface area contributed by atoms with Crippen LogP contribution in [0, 0.1) is 6.92 Å². The standard InChI is InChI=1S/C26H39N3O2/c1-3-4-5-6-7-8-9-10-11-12-13-14-15-19-25(30)31-24-18-16-17-23(22(24)2)26-28-20-27-21-29-26/h16-18,20-21H,3-15,19H2,1-2H3. The molecular weight excluding hydrogens is 386 g/mol. The van der Waals surface area contributed by atoms with Gasteiger partial charge in [0.15, 0.2) is 5.82 Å². The Kier molecular flexibility index (Phi) is 12.5. The number of hydrogen-bond acceptors (Lipinski definition) is 5. The monoisotopic (exact) mass is 425 g/mol. The number of benzene rings is 1. The van der Waals surface area contributed by atoms with E-state index < -0.39 is 0 Å². The molecule has 0 amide bonds. The first-order valence-corrected chi connectivity index (χ1v) is 12.1. The molecule has 1 aromatic carbocycles. The van der Waals surface area contributed by atoms with Crippen molar-refractivity contribution < 1.29 is 9.53 Å². The summed E-state index contributed by atoms with van der Waals surface area (Å²) in [4.78, 5) is 24.5. The average Bonchev–Trinajstić information content (AvgIpc) is 2.79.